The minimum atomic E-state index is -0.994. The van der Waals surface area contributed by atoms with Crippen LogP contribution in [0.4, 0.5) is 9.18 Å². The van der Waals surface area contributed by atoms with E-state index in [2.05, 4.69) is 4.90 Å². The second-order valence-electron chi connectivity index (χ2n) is 10.8. The zero-order chi connectivity index (χ0) is 23.6. The Labute approximate surface area is 197 Å². The summed E-state index contributed by atoms with van der Waals surface area (Å²) in [6, 6.07) is 6.94. The molecule has 0 radical (unpaired) electrons. The smallest absolute Gasteiger partial charge is 0.411 e. The predicted molar refractivity (Wildman–Crippen MR) is 125 cm³/mol. The Hall–Kier alpha value is -2.15. The molecule has 3 aliphatic rings. The third-order valence-corrected chi connectivity index (χ3v) is 7.32. The number of likely N-dealkylation sites (tertiary alicyclic amines) is 1. The molecule has 2 heterocycles. The summed E-state index contributed by atoms with van der Waals surface area (Å²) in [6.45, 7) is 9.31. The van der Waals surface area contributed by atoms with E-state index in [9.17, 15) is 14.0 Å². The molecule has 1 aliphatic carbocycles. The quantitative estimate of drug-likeness (QED) is 0.676. The molecule has 0 N–H and O–H groups in total. The van der Waals surface area contributed by atoms with Crippen molar-refractivity contribution in [3.63, 3.8) is 0 Å². The zero-order valence-corrected chi connectivity index (χ0v) is 20.3. The highest BCUT2D eigenvalue weighted by molar-refractivity contribution is 5.91. The molecule has 1 aromatic carbocycles. The normalized spacial score (nSPS) is 25.0. The molecule has 33 heavy (non-hydrogen) atoms. The van der Waals surface area contributed by atoms with Crippen molar-refractivity contribution < 1.29 is 18.7 Å². The number of amides is 2. The van der Waals surface area contributed by atoms with Crippen LogP contribution in [0.3, 0.4) is 0 Å². The molecule has 1 saturated carbocycles. The number of halogens is 1. The molecule has 0 spiro atoms. The van der Waals surface area contributed by atoms with E-state index >= 15 is 0 Å². The molecule has 2 aliphatic heterocycles. The average molecular weight is 460 g/mol. The highest BCUT2D eigenvalue weighted by Crippen LogP contribution is 2.37. The summed E-state index contributed by atoms with van der Waals surface area (Å²) in [6.07, 6.45) is 6.02. The molecular weight excluding hydrogens is 421 g/mol. The van der Waals surface area contributed by atoms with Gasteiger partial charge in [-0.05, 0) is 70.6 Å². The van der Waals surface area contributed by atoms with E-state index in [1.165, 1.54) is 31.4 Å². The third kappa shape index (κ3) is 5.34. The molecule has 1 atom stereocenters. The van der Waals surface area contributed by atoms with Crippen molar-refractivity contribution in [1.82, 2.24) is 14.7 Å². The number of rotatable bonds is 4. The van der Waals surface area contributed by atoms with Crippen LogP contribution in [0.2, 0.25) is 0 Å². The van der Waals surface area contributed by atoms with Crippen LogP contribution >= 0.6 is 0 Å². The lowest BCUT2D eigenvalue weighted by molar-refractivity contribution is -0.142. The molecule has 1 unspecified atom stereocenters. The lowest BCUT2D eigenvalue weighted by Crippen LogP contribution is -2.60. The van der Waals surface area contributed by atoms with Gasteiger partial charge < -0.3 is 9.64 Å². The first-order valence-corrected chi connectivity index (χ1v) is 12.5. The van der Waals surface area contributed by atoms with Gasteiger partial charge in [-0.15, -0.1) is 0 Å². The number of benzene rings is 1. The highest BCUT2D eigenvalue weighted by Gasteiger charge is 2.52. The maximum absolute atomic E-state index is 14.2. The molecular formula is C26H38FN3O3. The van der Waals surface area contributed by atoms with Crippen molar-refractivity contribution >= 4 is 12.0 Å². The lowest BCUT2D eigenvalue weighted by atomic mass is 9.86. The standard InChI is InChI=1S/C26H38FN3O3/c1-25(2,3)33-24(32)30-16-5-13-26(30,19-20-9-11-21(27)12-10-20)23(31)29-15-6-14-28(17-18-29)22-7-4-8-22/h9-12,22H,4-8,13-19H2,1-3H3. The first kappa shape index (κ1) is 24.0. The van der Waals surface area contributed by atoms with Crippen LogP contribution in [0, 0.1) is 5.82 Å². The van der Waals surface area contributed by atoms with E-state index in [1.807, 2.05) is 25.7 Å². The summed E-state index contributed by atoms with van der Waals surface area (Å²) in [4.78, 5) is 33.5. The monoisotopic (exact) mass is 459 g/mol. The second-order valence-corrected chi connectivity index (χ2v) is 10.8. The minimum Gasteiger partial charge on any atom is -0.444 e. The Kier molecular flexibility index (Phi) is 6.99. The van der Waals surface area contributed by atoms with E-state index in [1.54, 1.807) is 17.0 Å². The van der Waals surface area contributed by atoms with Gasteiger partial charge in [0.05, 0.1) is 0 Å². The van der Waals surface area contributed by atoms with Crippen molar-refractivity contribution in [3.05, 3.63) is 35.6 Å². The van der Waals surface area contributed by atoms with Gasteiger partial charge in [0.25, 0.3) is 0 Å². The molecule has 7 heteroatoms. The van der Waals surface area contributed by atoms with Crippen molar-refractivity contribution in [2.24, 2.45) is 0 Å². The van der Waals surface area contributed by atoms with Crippen LogP contribution in [0.1, 0.15) is 64.9 Å². The van der Waals surface area contributed by atoms with Gasteiger partial charge >= 0.3 is 6.09 Å². The van der Waals surface area contributed by atoms with Gasteiger partial charge in [-0.3, -0.25) is 14.6 Å². The predicted octanol–water partition coefficient (Wildman–Crippen LogP) is 4.22. The fourth-order valence-electron chi connectivity index (χ4n) is 5.44. The van der Waals surface area contributed by atoms with E-state index in [-0.39, 0.29) is 11.7 Å². The Morgan fingerprint density at radius 3 is 2.36 bits per heavy atom. The largest absolute Gasteiger partial charge is 0.444 e. The SMILES string of the molecule is CC(C)(C)OC(=O)N1CCCC1(Cc1ccc(F)cc1)C(=O)N1CCCN(C2CCC2)CC1. The number of hydrogen-bond donors (Lipinski definition) is 0. The van der Waals surface area contributed by atoms with Crippen LogP contribution in [0.15, 0.2) is 24.3 Å². The van der Waals surface area contributed by atoms with Gasteiger partial charge in [-0.25, -0.2) is 9.18 Å². The van der Waals surface area contributed by atoms with Gasteiger partial charge in [-0.2, -0.15) is 0 Å². The molecule has 6 nitrogen and oxygen atoms in total. The summed E-state index contributed by atoms with van der Waals surface area (Å²) in [5.41, 5.74) is -0.784. The molecule has 3 fully saturated rings. The number of carbonyl (C=O) groups excluding carboxylic acids is 2. The minimum absolute atomic E-state index is 0.00523. The van der Waals surface area contributed by atoms with Crippen LogP contribution in [-0.4, -0.2) is 76.6 Å². The summed E-state index contributed by atoms with van der Waals surface area (Å²) >= 11 is 0. The molecule has 0 aromatic heterocycles. The van der Waals surface area contributed by atoms with Gasteiger partial charge in [0.2, 0.25) is 5.91 Å². The first-order chi connectivity index (χ1) is 15.7. The topological polar surface area (TPSA) is 53.1 Å². The van der Waals surface area contributed by atoms with Gasteiger partial charge in [0.1, 0.15) is 17.0 Å². The van der Waals surface area contributed by atoms with Crippen molar-refractivity contribution in [3.8, 4) is 0 Å². The summed E-state index contributed by atoms with van der Waals surface area (Å²) < 4.78 is 19.3. The van der Waals surface area contributed by atoms with E-state index in [0.29, 0.717) is 38.5 Å². The molecule has 2 saturated heterocycles. The Bertz CT molecular complexity index is 849. The molecule has 4 rings (SSSR count). The third-order valence-electron chi connectivity index (χ3n) is 7.32. The maximum Gasteiger partial charge on any atom is 0.411 e. The number of hydrogen-bond acceptors (Lipinski definition) is 4. The van der Waals surface area contributed by atoms with Crippen molar-refractivity contribution in [2.45, 2.75) is 82.9 Å². The average Bonchev–Trinajstić information content (AvgIpc) is 2.99. The lowest BCUT2D eigenvalue weighted by Gasteiger charge is -2.41. The summed E-state index contributed by atoms with van der Waals surface area (Å²) in [5, 5.41) is 0. The van der Waals surface area contributed by atoms with Crippen LogP contribution in [0.5, 0.6) is 0 Å². The molecule has 2 amide bonds. The van der Waals surface area contributed by atoms with Gasteiger partial charge in [0, 0.05) is 45.2 Å². The summed E-state index contributed by atoms with van der Waals surface area (Å²) in [5.74, 6) is -0.302. The fraction of sp³-hybridized carbons (Fsp3) is 0.692. The van der Waals surface area contributed by atoms with Crippen LogP contribution in [-0.2, 0) is 16.0 Å². The van der Waals surface area contributed by atoms with Crippen LogP contribution in [0.25, 0.3) is 0 Å². The maximum atomic E-state index is 14.2. The first-order valence-electron chi connectivity index (χ1n) is 12.5. The molecule has 1 aromatic rings. The highest BCUT2D eigenvalue weighted by atomic mass is 19.1. The van der Waals surface area contributed by atoms with E-state index in [4.69, 9.17) is 4.74 Å². The Morgan fingerprint density at radius 2 is 1.73 bits per heavy atom. The second kappa shape index (κ2) is 9.61. The molecule has 0 bridgehead atoms. The number of ether oxygens (including phenoxy) is 1. The zero-order valence-electron chi connectivity index (χ0n) is 20.3. The fourth-order valence-corrected chi connectivity index (χ4v) is 5.44. The van der Waals surface area contributed by atoms with E-state index in [0.717, 1.165) is 31.5 Å². The van der Waals surface area contributed by atoms with Crippen molar-refractivity contribution in [1.29, 1.82) is 0 Å². The van der Waals surface area contributed by atoms with Crippen LogP contribution < -0.4 is 0 Å². The number of carbonyl (C=O) groups is 2. The Morgan fingerprint density at radius 1 is 1.00 bits per heavy atom. The Balaban J connectivity index is 1.59. The van der Waals surface area contributed by atoms with Crippen molar-refractivity contribution in [2.75, 3.05) is 32.7 Å². The van der Waals surface area contributed by atoms with Gasteiger partial charge in [-0.1, -0.05) is 18.6 Å². The van der Waals surface area contributed by atoms with E-state index < -0.39 is 17.2 Å². The van der Waals surface area contributed by atoms with Gasteiger partial charge in [0.15, 0.2) is 0 Å². The molecule has 182 valence electrons. The number of nitrogens with zero attached hydrogens (tertiary/aromatic N) is 3. The summed E-state index contributed by atoms with van der Waals surface area (Å²) in [7, 11) is 0.